The first-order valence-electron chi connectivity index (χ1n) is 13.1. The van der Waals surface area contributed by atoms with Crippen LogP contribution in [0.25, 0.3) is 10.9 Å². The van der Waals surface area contributed by atoms with Crippen LogP contribution in [0.1, 0.15) is 63.4 Å². The number of fused-ring (bicyclic) bond motifs is 1. The summed E-state index contributed by atoms with van der Waals surface area (Å²) < 4.78 is 5.42. The second-order valence-corrected chi connectivity index (χ2v) is 11.5. The number of aryl methyl sites for hydroxylation is 1. The lowest BCUT2D eigenvalue weighted by Gasteiger charge is -2.39. The molecule has 186 valence electrons. The molecule has 2 aromatic rings. The number of piperidine rings is 1. The van der Waals surface area contributed by atoms with Gasteiger partial charge in [-0.3, -0.25) is 9.78 Å². The number of ether oxygens (including phenoxy) is 1. The Morgan fingerprint density at radius 3 is 2.82 bits per heavy atom. The van der Waals surface area contributed by atoms with Crippen LogP contribution in [0.3, 0.4) is 0 Å². The Bertz CT molecular complexity index is 933. The Labute approximate surface area is 208 Å². The van der Waals surface area contributed by atoms with E-state index in [4.69, 9.17) is 4.74 Å². The summed E-state index contributed by atoms with van der Waals surface area (Å²) in [5.74, 6) is 2.61. The molecule has 2 atom stereocenters. The van der Waals surface area contributed by atoms with Gasteiger partial charge in [0.1, 0.15) is 5.75 Å². The van der Waals surface area contributed by atoms with Crippen molar-refractivity contribution < 1.29 is 14.6 Å². The largest absolute Gasteiger partial charge is 0.497 e. The van der Waals surface area contributed by atoms with Crippen molar-refractivity contribution in [1.29, 1.82) is 0 Å². The molecule has 1 aliphatic carbocycles. The van der Waals surface area contributed by atoms with Crippen LogP contribution < -0.4 is 4.74 Å². The number of hydrogen-bond acceptors (Lipinski definition) is 5. The van der Waals surface area contributed by atoms with E-state index in [1.54, 1.807) is 7.11 Å². The molecule has 0 bridgehead atoms. The van der Waals surface area contributed by atoms with Crippen molar-refractivity contribution in [2.45, 2.75) is 69.5 Å². The van der Waals surface area contributed by atoms with Crippen LogP contribution >= 0.6 is 11.8 Å². The molecule has 1 saturated heterocycles. The fourth-order valence-corrected chi connectivity index (χ4v) is 6.83. The molecule has 1 aliphatic heterocycles. The molecule has 1 saturated carbocycles. The van der Waals surface area contributed by atoms with Gasteiger partial charge in [0, 0.05) is 29.8 Å². The molecule has 0 radical (unpaired) electrons. The van der Waals surface area contributed by atoms with Gasteiger partial charge in [0.05, 0.1) is 12.6 Å². The molecule has 2 heterocycles. The van der Waals surface area contributed by atoms with Crippen molar-refractivity contribution in [3.05, 3.63) is 36.0 Å². The van der Waals surface area contributed by atoms with Crippen LogP contribution in [0.2, 0.25) is 0 Å². The minimum absolute atomic E-state index is 0.293. The lowest BCUT2D eigenvalue weighted by molar-refractivity contribution is -0.137. The highest BCUT2D eigenvalue weighted by atomic mass is 32.2. The van der Waals surface area contributed by atoms with Crippen LogP contribution in [0, 0.1) is 11.8 Å². The first-order chi connectivity index (χ1) is 16.6. The molecule has 2 aliphatic rings. The summed E-state index contributed by atoms with van der Waals surface area (Å²) >= 11 is 2.16. The summed E-state index contributed by atoms with van der Waals surface area (Å²) in [6, 6.07) is 8.22. The van der Waals surface area contributed by atoms with E-state index in [1.165, 1.54) is 61.8 Å². The number of thioether (sulfide) groups is 1. The van der Waals surface area contributed by atoms with Crippen molar-refractivity contribution in [3.8, 4) is 5.75 Å². The molecule has 0 amide bonds. The fourth-order valence-electron chi connectivity index (χ4n) is 5.53. The predicted octanol–water partition coefficient (Wildman–Crippen LogP) is 6.04. The van der Waals surface area contributed by atoms with E-state index in [0.717, 1.165) is 48.9 Å². The lowest BCUT2D eigenvalue weighted by Crippen LogP contribution is -2.41. The number of carbonyl (C=O) groups is 1. The van der Waals surface area contributed by atoms with Crippen LogP contribution in [0.4, 0.5) is 0 Å². The number of aliphatic carboxylic acids is 1. The maximum atomic E-state index is 11.3. The Hall–Kier alpha value is -1.79. The van der Waals surface area contributed by atoms with Crippen molar-refractivity contribution in [2.75, 3.05) is 32.5 Å². The van der Waals surface area contributed by atoms with Gasteiger partial charge < -0.3 is 14.7 Å². The fraction of sp³-hybridized carbons (Fsp3) is 0.643. The third-order valence-corrected chi connectivity index (χ3v) is 9.26. The van der Waals surface area contributed by atoms with Gasteiger partial charge in [0.2, 0.25) is 0 Å². The second kappa shape index (κ2) is 12.8. The summed E-state index contributed by atoms with van der Waals surface area (Å²) in [4.78, 5) is 18.4. The van der Waals surface area contributed by atoms with E-state index in [0.29, 0.717) is 18.3 Å². The van der Waals surface area contributed by atoms with Gasteiger partial charge in [0.25, 0.3) is 0 Å². The van der Waals surface area contributed by atoms with Crippen LogP contribution in [0.5, 0.6) is 5.75 Å². The summed E-state index contributed by atoms with van der Waals surface area (Å²) in [5.41, 5.74) is 2.34. The second-order valence-electron chi connectivity index (χ2n) is 10.1. The van der Waals surface area contributed by atoms with E-state index in [-0.39, 0.29) is 0 Å². The number of pyridine rings is 1. The maximum Gasteiger partial charge on any atom is 0.303 e. The molecule has 2 fully saturated rings. The SMILES string of the molecule is COc1ccc2nccc(CCCC3CCN(CCCSC4CCC4)CC3CCC(=O)O)c2c1. The summed E-state index contributed by atoms with van der Waals surface area (Å²) in [6.07, 6.45) is 13.0. The quantitative estimate of drug-likeness (QED) is 0.350. The van der Waals surface area contributed by atoms with Gasteiger partial charge in [-0.15, -0.1) is 0 Å². The topological polar surface area (TPSA) is 62.7 Å². The molecule has 6 heteroatoms. The Balaban J connectivity index is 1.28. The first kappa shape index (κ1) is 25.3. The molecular weight excluding hydrogens is 444 g/mol. The number of likely N-dealkylation sites (tertiary alicyclic amines) is 1. The lowest BCUT2D eigenvalue weighted by atomic mass is 9.79. The minimum Gasteiger partial charge on any atom is -0.497 e. The maximum absolute atomic E-state index is 11.3. The van der Waals surface area contributed by atoms with Gasteiger partial charge in [-0.25, -0.2) is 0 Å². The third kappa shape index (κ3) is 7.11. The predicted molar refractivity (Wildman–Crippen MR) is 141 cm³/mol. The molecule has 5 nitrogen and oxygen atoms in total. The Kier molecular flexibility index (Phi) is 9.51. The van der Waals surface area contributed by atoms with Gasteiger partial charge in [-0.05, 0) is 112 Å². The van der Waals surface area contributed by atoms with Gasteiger partial charge >= 0.3 is 5.97 Å². The van der Waals surface area contributed by atoms with Crippen LogP contribution in [-0.2, 0) is 11.2 Å². The standard InChI is InChI=1S/C28H40N2O3S/c1-33-24-10-11-27-26(19-24)22(13-15-29-27)6-2-5-21-14-17-30(20-23(21)9-12-28(31)32)16-4-18-34-25-7-3-8-25/h10-11,13,15,19,21,23,25H,2-9,12,14,16-18,20H2,1H3,(H,31,32). The van der Waals surface area contributed by atoms with Gasteiger partial charge in [-0.2, -0.15) is 11.8 Å². The monoisotopic (exact) mass is 484 g/mol. The smallest absolute Gasteiger partial charge is 0.303 e. The normalized spacial score (nSPS) is 21.4. The molecule has 4 rings (SSSR count). The highest BCUT2D eigenvalue weighted by Crippen LogP contribution is 2.34. The number of rotatable bonds is 13. The Morgan fingerprint density at radius 2 is 2.06 bits per heavy atom. The number of methoxy groups -OCH3 is 1. The zero-order chi connectivity index (χ0) is 23.8. The van der Waals surface area contributed by atoms with Crippen molar-refractivity contribution in [2.24, 2.45) is 11.8 Å². The summed E-state index contributed by atoms with van der Waals surface area (Å²) in [7, 11) is 1.70. The number of carboxylic acid groups (broad SMARTS) is 1. The van der Waals surface area contributed by atoms with E-state index in [1.807, 2.05) is 18.3 Å². The zero-order valence-electron chi connectivity index (χ0n) is 20.6. The highest BCUT2D eigenvalue weighted by Gasteiger charge is 2.29. The first-order valence-corrected chi connectivity index (χ1v) is 14.1. The molecule has 1 N–H and O–H groups in total. The molecular formula is C28H40N2O3S. The van der Waals surface area contributed by atoms with E-state index < -0.39 is 5.97 Å². The van der Waals surface area contributed by atoms with Gasteiger partial charge in [0.15, 0.2) is 0 Å². The number of benzene rings is 1. The van der Waals surface area contributed by atoms with Crippen LogP contribution in [-0.4, -0.2) is 58.7 Å². The minimum atomic E-state index is -0.662. The third-order valence-electron chi connectivity index (χ3n) is 7.79. The molecule has 34 heavy (non-hydrogen) atoms. The highest BCUT2D eigenvalue weighted by molar-refractivity contribution is 7.99. The number of hydrogen-bond donors (Lipinski definition) is 1. The summed E-state index contributed by atoms with van der Waals surface area (Å²) in [6.45, 7) is 3.40. The average Bonchev–Trinajstić information content (AvgIpc) is 2.82. The molecule has 1 aromatic heterocycles. The molecule has 2 unspecified atom stereocenters. The van der Waals surface area contributed by atoms with Crippen molar-refractivity contribution >= 4 is 28.6 Å². The number of carboxylic acids is 1. The number of nitrogens with zero attached hydrogens (tertiary/aromatic N) is 2. The van der Waals surface area contributed by atoms with E-state index in [9.17, 15) is 9.90 Å². The summed E-state index contributed by atoms with van der Waals surface area (Å²) in [5, 5.41) is 11.4. The van der Waals surface area contributed by atoms with E-state index >= 15 is 0 Å². The van der Waals surface area contributed by atoms with E-state index in [2.05, 4.69) is 33.8 Å². The molecule has 0 spiro atoms. The van der Waals surface area contributed by atoms with Crippen molar-refractivity contribution in [1.82, 2.24) is 9.88 Å². The Morgan fingerprint density at radius 1 is 1.18 bits per heavy atom. The zero-order valence-corrected chi connectivity index (χ0v) is 21.4. The van der Waals surface area contributed by atoms with Crippen molar-refractivity contribution in [3.63, 3.8) is 0 Å². The average molecular weight is 485 g/mol. The van der Waals surface area contributed by atoms with Crippen LogP contribution in [0.15, 0.2) is 30.5 Å². The number of aromatic nitrogens is 1. The van der Waals surface area contributed by atoms with Gasteiger partial charge in [-0.1, -0.05) is 6.42 Å². The molecule has 1 aromatic carbocycles.